The summed E-state index contributed by atoms with van der Waals surface area (Å²) < 4.78 is 13.5. The molecule has 2 aromatic carbocycles. The molecule has 1 fully saturated rings. The average molecular weight is 364 g/mol. The van der Waals surface area contributed by atoms with Crippen molar-refractivity contribution in [2.75, 3.05) is 18.0 Å². The van der Waals surface area contributed by atoms with Gasteiger partial charge >= 0.3 is 0 Å². The van der Waals surface area contributed by atoms with Crippen molar-refractivity contribution in [1.82, 2.24) is 15.3 Å². The van der Waals surface area contributed by atoms with E-state index in [9.17, 15) is 4.39 Å². The summed E-state index contributed by atoms with van der Waals surface area (Å²) in [5.74, 6) is 0.513. The van der Waals surface area contributed by atoms with E-state index in [0.29, 0.717) is 6.04 Å². The molecule has 0 spiro atoms. The van der Waals surface area contributed by atoms with Crippen LogP contribution in [0.15, 0.2) is 48.5 Å². The van der Waals surface area contributed by atoms with E-state index in [0.717, 1.165) is 61.4 Å². The minimum absolute atomic E-state index is 0.246. The number of nitrogens with one attached hydrogen (secondary N) is 1. The third-order valence-corrected chi connectivity index (χ3v) is 5.29. The molecule has 0 amide bonds. The van der Waals surface area contributed by atoms with Crippen LogP contribution in [-0.4, -0.2) is 29.1 Å². The van der Waals surface area contributed by atoms with Crippen molar-refractivity contribution in [3.8, 4) is 0 Å². The highest BCUT2D eigenvalue weighted by molar-refractivity contribution is 5.81. The van der Waals surface area contributed by atoms with Crippen molar-refractivity contribution >= 4 is 16.9 Å². The fraction of sp³-hybridized carbons (Fsp3) is 0.364. The van der Waals surface area contributed by atoms with Gasteiger partial charge in [-0.2, -0.15) is 0 Å². The van der Waals surface area contributed by atoms with E-state index in [4.69, 9.17) is 0 Å². The lowest BCUT2D eigenvalue weighted by Gasteiger charge is -2.21. The maximum atomic E-state index is 13.5. The van der Waals surface area contributed by atoms with Crippen LogP contribution in [0.1, 0.15) is 30.5 Å². The Bertz CT molecular complexity index is 913. The van der Waals surface area contributed by atoms with Crippen molar-refractivity contribution in [1.29, 1.82) is 0 Å². The molecule has 1 aliphatic heterocycles. The molecule has 1 atom stereocenters. The third kappa shape index (κ3) is 4.25. The second-order valence-electron chi connectivity index (χ2n) is 7.25. The number of rotatable bonds is 4. The van der Waals surface area contributed by atoms with Crippen LogP contribution in [0, 0.1) is 12.7 Å². The Morgan fingerprint density at radius 3 is 2.78 bits per heavy atom. The van der Waals surface area contributed by atoms with Gasteiger partial charge in [0.05, 0.1) is 11.2 Å². The standard InChI is InChI=1S/C22H25FN4/c1-16-20-14-18(23)9-10-21(20)26-22(25-16)27-12-5-8-19(11-13-27)24-15-17-6-3-2-4-7-17/h2-4,6-7,9-10,14,19,24H,5,8,11-13,15H2,1H3/t19-/m0/s1. The number of hydrogen-bond donors (Lipinski definition) is 1. The molecule has 0 unspecified atom stereocenters. The van der Waals surface area contributed by atoms with Crippen LogP contribution in [0.4, 0.5) is 10.3 Å². The van der Waals surface area contributed by atoms with Gasteiger partial charge < -0.3 is 10.2 Å². The fourth-order valence-corrected chi connectivity index (χ4v) is 3.74. The number of aryl methyl sites for hydroxylation is 1. The lowest BCUT2D eigenvalue weighted by Crippen LogP contribution is -2.31. The van der Waals surface area contributed by atoms with Crippen molar-refractivity contribution in [3.05, 3.63) is 65.6 Å². The van der Waals surface area contributed by atoms with Crippen molar-refractivity contribution in [2.45, 2.75) is 38.8 Å². The van der Waals surface area contributed by atoms with Crippen LogP contribution >= 0.6 is 0 Å². The summed E-state index contributed by atoms with van der Waals surface area (Å²) >= 11 is 0. The van der Waals surface area contributed by atoms with Crippen molar-refractivity contribution in [2.24, 2.45) is 0 Å². The monoisotopic (exact) mass is 364 g/mol. The van der Waals surface area contributed by atoms with E-state index >= 15 is 0 Å². The van der Waals surface area contributed by atoms with Crippen molar-refractivity contribution in [3.63, 3.8) is 0 Å². The maximum Gasteiger partial charge on any atom is 0.226 e. The van der Waals surface area contributed by atoms with Crippen LogP contribution in [0.25, 0.3) is 10.9 Å². The molecule has 0 bridgehead atoms. The first kappa shape index (κ1) is 17.9. The molecule has 0 saturated carbocycles. The van der Waals surface area contributed by atoms with Crippen LogP contribution in [0.3, 0.4) is 0 Å². The van der Waals surface area contributed by atoms with Gasteiger partial charge in [-0.05, 0) is 49.9 Å². The van der Waals surface area contributed by atoms with Gasteiger partial charge in [-0.1, -0.05) is 30.3 Å². The molecule has 2 heterocycles. The number of nitrogens with zero attached hydrogens (tertiary/aromatic N) is 3. The third-order valence-electron chi connectivity index (χ3n) is 5.29. The van der Waals surface area contributed by atoms with Crippen LogP contribution < -0.4 is 10.2 Å². The molecule has 5 heteroatoms. The molecule has 1 aliphatic rings. The van der Waals surface area contributed by atoms with Gasteiger partial charge in [0.2, 0.25) is 5.95 Å². The quantitative estimate of drug-likeness (QED) is 0.752. The largest absolute Gasteiger partial charge is 0.341 e. The predicted molar refractivity (Wildman–Crippen MR) is 107 cm³/mol. The topological polar surface area (TPSA) is 41.1 Å². The Balaban J connectivity index is 1.43. The van der Waals surface area contributed by atoms with E-state index in [1.54, 1.807) is 6.07 Å². The summed E-state index contributed by atoms with van der Waals surface area (Å²) in [5.41, 5.74) is 2.96. The number of hydrogen-bond acceptors (Lipinski definition) is 4. The van der Waals surface area contributed by atoms with Gasteiger partial charge in [0.1, 0.15) is 5.82 Å². The first-order valence-corrected chi connectivity index (χ1v) is 9.65. The molecular weight excluding hydrogens is 339 g/mol. The molecule has 1 N–H and O–H groups in total. The van der Waals surface area contributed by atoms with E-state index in [1.807, 2.05) is 13.0 Å². The predicted octanol–water partition coefficient (Wildman–Crippen LogP) is 4.23. The van der Waals surface area contributed by atoms with Crippen molar-refractivity contribution < 1.29 is 4.39 Å². The SMILES string of the molecule is Cc1nc(N2CCC[C@H](NCc3ccccc3)CC2)nc2ccc(F)cc12. The first-order valence-electron chi connectivity index (χ1n) is 9.65. The van der Waals surface area contributed by atoms with E-state index in [-0.39, 0.29) is 5.82 Å². The molecule has 4 nitrogen and oxygen atoms in total. The number of benzene rings is 2. The normalized spacial score (nSPS) is 17.9. The van der Waals surface area contributed by atoms with Crippen LogP contribution in [0.5, 0.6) is 0 Å². The number of anilines is 1. The van der Waals surface area contributed by atoms with E-state index < -0.39 is 0 Å². The average Bonchev–Trinajstić information content (AvgIpc) is 2.93. The minimum Gasteiger partial charge on any atom is -0.341 e. The zero-order valence-electron chi connectivity index (χ0n) is 15.7. The van der Waals surface area contributed by atoms with Gasteiger partial charge in [-0.15, -0.1) is 0 Å². The second-order valence-corrected chi connectivity index (χ2v) is 7.25. The summed E-state index contributed by atoms with van der Waals surface area (Å²) in [4.78, 5) is 11.6. The summed E-state index contributed by atoms with van der Waals surface area (Å²) in [6.07, 6.45) is 3.33. The molecule has 1 aromatic heterocycles. The molecule has 1 saturated heterocycles. The highest BCUT2D eigenvalue weighted by atomic mass is 19.1. The number of aromatic nitrogens is 2. The Morgan fingerprint density at radius 1 is 1.07 bits per heavy atom. The zero-order chi connectivity index (χ0) is 18.6. The molecule has 0 radical (unpaired) electrons. The Labute approximate surface area is 159 Å². The van der Waals surface area contributed by atoms with Gasteiger partial charge in [0.15, 0.2) is 0 Å². The Kier molecular flexibility index (Phi) is 5.30. The maximum absolute atomic E-state index is 13.5. The highest BCUT2D eigenvalue weighted by Crippen LogP contribution is 2.22. The number of fused-ring (bicyclic) bond motifs is 1. The fourth-order valence-electron chi connectivity index (χ4n) is 3.74. The summed E-state index contributed by atoms with van der Waals surface area (Å²) in [5, 5.41) is 4.48. The molecule has 3 aromatic rings. The zero-order valence-corrected chi connectivity index (χ0v) is 15.7. The van der Waals surface area contributed by atoms with Gasteiger partial charge in [0.25, 0.3) is 0 Å². The summed E-state index contributed by atoms with van der Waals surface area (Å²) in [6.45, 7) is 4.71. The van der Waals surface area contributed by atoms with Gasteiger partial charge in [0, 0.05) is 31.1 Å². The smallest absolute Gasteiger partial charge is 0.226 e. The molecular formula is C22H25FN4. The molecule has 4 rings (SSSR count). The molecule has 140 valence electrons. The Hall–Kier alpha value is -2.53. The minimum atomic E-state index is -0.246. The van der Waals surface area contributed by atoms with E-state index in [2.05, 4.69) is 44.5 Å². The lowest BCUT2D eigenvalue weighted by molar-refractivity contribution is 0.470. The summed E-state index contributed by atoms with van der Waals surface area (Å²) in [7, 11) is 0. The molecule has 0 aliphatic carbocycles. The second kappa shape index (κ2) is 8.01. The first-order chi connectivity index (χ1) is 13.2. The van der Waals surface area contributed by atoms with Crippen LogP contribution in [-0.2, 0) is 6.54 Å². The summed E-state index contributed by atoms with van der Waals surface area (Å²) in [6, 6.07) is 15.7. The van der Waals surface area contributed by atoms with Gasteiger partial charge in [-0.3, -0.25) is 0 Å². The van der Waals surface area contributed by atoms with Crippen LogP contribution in [0.2, 0.25) is 0 Å². The molecule has 27 heavy (non-hydrogen) atoms. The van der Waals surface area contributed by atoms with Gasteiger partial charge in [-0.25, -0.2) is 14.4 Å². The van der Waals surface area contributed by atoms with E-state index in [1.165, 1.54) is 17.7 Å². The lowest BCUT2D eigenvalue weighted by atomic mass is 10.1. The highest BCUT2D eigenvalue weighted by Gasteiger charge is 2.19. The Morgan fingerprint density at radius 2 is 1.93 bits per heavy atom. The number of halogens is 1.